The Labute approximate surface area is 159 Å². The van der Waals surface area contributed by atoms with Crippen molar-refractivity contribution in [2.75, 3.05) is 13.2 Å². The van der Waals surface area contributed by atoms with Crippen LogP contribution in [-0.2, 0) is 10.2 Å². The summed E-state index contributed by atoms with van der Waals surface area (Å²) < 4.78 is 10.6. The van der Waals surface area contributed by atoms with Gasteiger partial charge in [-0.3, -0.25) is 4.79 Å². The SMILES string of the molecule is CC(C)(C)c1ccc(OCC(=O)N/N=C\c2ccc(OCC#N)cc2)cc1. The predicted octanol–water partition coefficient (Wildman–Crippen LogP) is 3.42. The minimum atomic E-state index is -0.347. The number of amides is 1. The molecule has 0 aromatic heterocycles. The second-order valence-electron chi connectivity index (χ2n) is 6.87. The fraction of sp³-hybridized carbons (Fsp3) is 0.286. The molecular weight excluding hydrogens is 342 g/mol. The van der Waals surface area contributed by atoms with Gasteiger partial charge in [0.25, 0.3) is 5.91 Å². The number of carbonyl (C=O) groups is 1. The molecule has 2 rings (SSSR count). The molecular formula is C21H23N3O3. The van der Waals surface area contributed by atoms with E-state index in [1.54, 1.807) is 24.3 Å². The molecule has 140 valence electrons. The molecule has 0 saturated heterocycles. The number of hydrazone groups is 1. The van der Waals surface area contributed by atoms with E-state index in [0.29, 0.717) is 11.5 Å². The summed E-state index contributed by atoms with van der Waals surface area (Å²) in [5.74, 6) is 0.888. The molecule has 0 heterocycles. The van der Waals surface area contributed by atoms with Crippen LogP contribution in [0, 0.1) is 11.3 Å². The van der Waals surface area contributed by atoms with Crippen LogP contribution >= 0.6 is 0 Å². The van der Waals surface area contributed by atoms with Gasteiger partial charge >= 0.3 is 0 Å². The predicted molar refractivity (Wildman–Crippen MR) is 104 cm³/mol. The van der Waals surface area contributed by atoms with Gasteiger partial charge in [-0.2, -0.15) is 10.4 Å². The van der Waals surface area contributed by atoms with Gasteiger partial charge in [0.15, 0.2) is 13.2 Å². The van der Waals surface area contributed by atoms with E-state index in [4.69, 9.17) is 14.7 Å². The van der Waals surface area contributed by atoms with Crippen LogP contribution in [0.25, 0.3) is 0 Å². The van der Waals surface area contributed by atoms with Crippen molar-refractivity contribution in [2.45, 2.75) is 26.2 Å². The number of nitriles is 1. The normalized spacial score (nSPS) is 11.0. The van der Waals surface area contributed by atoms with E-state index in [-0.39, 0.29) is 24.5 Å². The summed E-state index contributed by atoms with van der Waals surface area (Å²) in [7, 11) is 0. The van der Waals surface area contributed by atoms with Crippen molar-refractivity contribution >= 4 is 12.1 Å². The van der Waals surface area contributed by atoms with E-state index >= 15 is 0 Å². The summed E-state index contributed by atoms with van der Waals surface area (Å²) in [5, 5.41) is 12.4. The summed E-state index contributed by atoms with van der Waals surface area (Å²) in [6.45, 7) is 6.30. The smallest absolute Gasteiger partial charge is 0.277 e. The summed E-state index contributed by atoms with van der Waals surface area (Å²) >= 11 is 0. The van der Waals surface area contributed by atoms with Gasteiger partial charge in [0.1, 0.15) is 17.6 Å². The first kappa shape index (κ1) is 20.0. The molecule has 0 aliphatic carbocycles. The van der Waals surface area contributed by atoms with Crippen LogP contribution in [0.15, 0.2) is 53.6 Å². The average Bonchev–Trinajstić information content (AvgIpc) is 2.65. The lowest BCUT2D eigenvalue weighted by molar-refractivity contribution is -0.123. The Morgan fingerprint density at radius 3 is 2.26 bits per heavy atom. The highest BCUT2D eigenvalue weighted by molar-refractivity contribution is 5.83. The van der Waals surface area contributed by atoms with E-state index < -0.39 is 0 Å². The topological polar surface area (TPSA) is 83.7 Å². The fourth-order valence-electron chi connectivity index (χ4n) is 2.18. The Balaban J connectivity index is 1.77. The molecule has 0 unspecified atom stereocenters. The molecule has 0 saturated carbocycles. The van der Waals surface area contributed by atoms with Gasteiger partial charge in [-0.25, -0.2) is 5.43 Å². The third-order valence-corrected chi connectivity index (χ3v) is 3.68. The molecule has 6 heteroatoms. The molecule has 0 fully saturated rings. The van der Waals surface area contributed by atoms with Crippen LogP contribution < -0.4 is 14.9 Å². The van der Waals surface area contributed by atoms with Crippen molar-refractivity contribution in [2.24, 2.45) is 5.10 Å². The second kappa shape index (κ2) is 9.39. The largest absolute Gasteiger partial charge is 0.484 e. The number of benzene rings is 2. The van der Waals surface area contributed by atoms with Crippen LogP contribution in [0.4, 0.5) is 0 Å². The molecule has 27 heavy (non-hydrogen) atoms. The zero-order valence-electron chi connectivity index (χ0n) is 15.7. The van der Waals surface area contributed by atoms with Crippen molar-refractivity contribution in [1.82, 2.24) is 5.43 Å². The zero-order valence-corrected chi connectivity index (χ0v) is 15.7. The molecule has 2 aromatic carbocycles. The summed E-state index contributed by atoms with van der Waals surface area (Å²) in [4.78, 5) is 11.8. The monoisotopic (exact) mass is 365 g/mol. The Bertz CT molecular complexity index is 814. The number of hydrogen-bond donors (Lipinski definition) is 1. The van der Waals surface area contributed by atoms with Crippen molar-refractivity contribution in [3.05, 3.63) is 59.7 Å². The van der Waals surface area contributed by atoms with E-state index in [1.807, 2.05) is 30.3 Å². The minimum Gasteiger partial charge on any atom is -0.484 e. The number of carbonyl (C=O) groups excluding carboxylic acids is 1. The molecule has 0 aliphatic heterocycles. The third-order valence-electron chi connectivity index (χ3n) is 3.68. The molecule has 0 radical (unpaired) electrons. The van der Waals surface area contributed by atoms with Crippen LogP contribution in [0.5, 0.6) is 11.5 Å². The lowest BCUT2D eigenvalue weighted by Crippen LogP contribution is -2.24. The summed E-state index contributed by atoms with van der Waals surface area (Å²) in [6, 6.07) is 16.6. The highest BCUT2D eigenvalue weighted by atomic mass is 16.5. The van der Waals surface area contributed by atoms with Gasteiger partial charge in [-0.15, -0.1) is 0 Å². The number of nitrogens with zero attached hydrogens (tertiary/aromatic N) is 2. The summed E-state index contributed by atoms with van der Waals surface area (Å²) in [5.41, 5.74) is 4.48. The number of ether oxygens (including phenoxy) is 2. The van der Waals surface area contributed by atoms with Crippen LogP contribution in [0.2, 0.25) is 0 Å². The lowest BCUT2D eigenvalue weighted by atomic mass is 9.87. The van der Waals surface area contributed by atoms with Gasteiger partial charge in [0, 0.05) is 0 Å². The highest BCUT2D eigenvalue weighted by Gasteiger charge is 2.13. The molecule has 0 bridgehead atoms. The van der Waals surface area contributed by atoms with Gasteiger partial charge in [0.05, 0.1) is 6.21 Å². The molecule has 0 aliphatic rings. The van der Waals surface area contributed by atoms with Gasteiger partial charge in [-0.05, 0) is 52.9 Å². The standard InChI is InChI=1S/C21H23N3O3/c1-21(2,3)17-6-10-19(11-7-17)27-15-20(25)24-23-14-16-4-8-18(9-5-16)26-13-12-22/h4-11,14H,13,15H2,1-3H3,(H,24,25)/b23-14-. The zero-order chi connectivity index (χ0) is 19.7. The third kappa shape index (κ3) is 6.83. The van der Waals surface area contributed by atoms with Gasteiger partial charge < -0.3 is 9.47 Å². The molecule has 0 atom stereocenters. The molecule has 2 aromatic rings. The maximum atomic E-state index is 11.8. The van der Waals surface area contributed by atoms with E-state index in [2.05, 4.69) is 31.3 Å². The second-order valence-corrected chi connectivity index (χ2v) is 6.87. The quantitative estimate of drug-likeness (QED) is 0.602. The molecule has 6 nitrogen and oxygen atoms in total. The van der Waals surface area contributed by atoms with E-state index in [1.165, 1.54) is 11.8 Å². The van der Waals surface area contributed by atoms with E-state index in [0.717, 1.165) is 5.56 Å². The summed E-state index contributed by atoms with van der Waals surface area (Å²) in [6.07, 6.45) is 1.52. The Morgan fingerprint density at radius 2 is 1.67 bits per heavy atom. The van der Waals surface area contributed by atoms with Crippen molar-refractivity contribution in [1.29, 1.82) is 5.26 Å². The van der Waals surface area contributed by atoms with E-state index in [9.17, 15) is 4.79 Å². The average molecular weight is 365 g/mol. The fourth-order valence-corrected chi connectivity index (χ4v) is 2.18. The maximum Gasteiger partial charge on any atom is 0.277 e. The number of rotatable bonds is 7. The lowest BCUT2D eigenvalue weighted by Gasteiger charge is -2.19. The first-order valence-corrected chi connectivity index (χ1v) is 8.53. The Hall–Kier alpha value is -3.33. The Morgan fingerprint density at radius 1 is 1.07 bits per heavy atom. The first-order chi connectivity index (χ1) is 12.9. The highest BCUT2D eigenvalue weighted by Crippen LogP contribution is 2.24. The van der Waals surface area contributed by atoms with Crippen molar-refractivity contribution < 1.29 is 14.3 Å². The minimum absolute atomic E-state index is 0.00241. The Kier molecular flexibility index (Phi) is 6.95. The van der Waals surface area contributed by atoms with Gasteiger partial charge in [0.2, 0.25) is 0 Å². The van der Waals surface area contributed by atoms with Crippen LogP contribution in [0.3, 0.4) is 0 Å². The van der Waals surface area contributed by atoms with Crippen molar-refractivity contribution in [3.63, 3.8) is 0 Å². The van der Waals surface area contributed by atoms with Gasteiger partial charge in [-0.1, -0.05) is 32.9 Å². The number of nitrogens with one attached hydrogen (secondary N) is 1. The van der Waals surface area contributed by atoms with Crippen LogP contribution in [-0.4, -0.2) is 25.3 Å². The van der Waals surface area contributed by atoms with Crippen molar-refractivity contribution in [3.8, 4) is 17.6 Å². The number of hydrogen-bond acceptors (Lipinski definition) is 5. The maximum absolute atomic E-state index is 11.8. The first-order valence-electron chi connectivity index (χ1n) is 8.53. The molecule has 0 spiro atoms. The van der Waals surface area contributed by atoms with Crippen LogP contribution in [0.1, 0.15) is 31.9 Å². The molecule has 1 N–H and O–H groups in total. The molecule has 1 amide bonds.